The molecule has 0 aliphatic carbocycles. The molecule has 5 heteroatoms. The van der Waals surface area contributed by atoms with Crippen molar-refractivity contribution in [2.75, 3.05) is 51.1 Å². The van der Waals surface area contributed by atoms with Crippen LogP contribution in [0.2, 0.25) is 0 Å². The van der Waals surface area contributed by atoms with Gasteiger partial charge in [-0.2, -0.15) is 0 Å². The number of rotatable bonds is 8. The molecule has 0 aromatic carbocycles. The SMILES string of the molecule is OCC[PH](CCO)(CCO)CCO. The molecule has 0 rings (SSSR count). The van der Waals surface area contributed by atoms with Gasteiger partial charge in [0.2, 0.25) is 0 Å². The molecule has 0 aliphatic rings. The van der Waals surface area contributed by atoms with Crippen LogP contribution in [0.25, 0.3) is 0 Å². The van der Waals surface area contributed by atoms with E-state index in [9.17, 15) is 0 Å². The van der Waals surface area contributed by atoms with E-state index in [2.05, 4.69) is 0 Å². The van der Waals surface area contributed by atoms with Gasteiger partial charge >= 0.3 is 78.8 Å². The molecule has 4 N–H and O–H groups in total. The maximum atomic E-state index is 8.87. The van der Waals surface area contributed by atoms with Crippen molar-refractivity contribution in [2.45, 2.75) is 0 Å². The molecule has 0 aromatic rings. The zero-order valence-corrected chi connectivity index (χ0v) is 8.95. The summed E-state index contributed by atoms with van der Waals surface area (Å²) < 4.78 is 0. The predicted octanol–water partition coefficient (Wildman–Crippen LogP) is -1.29. The van der Waals surface area contributed by atoms with E-state index in [4.69, 9.17) is 20.4 Å². The second-order valence-corrected chi connectivity index (χ2v) is 8.39. The van der Waals surface area contributed by atoms with Crippen LogP contribution in [0.1, 0.15) is 0 Å². The van der Waals surface area contributed by atoms with Crippen molar-refractivity contribution in [1.82, 2.24) is 0 Å². The molecule has 0 saturated heterocycles. The van der Waals surface area contributed by atoms with Crippen LogP contribution in [-0.4, -0.2) is 71.5 Å². The van der Waals surface area contributed by atoms with E-state index in [-0.39, 0.29) is 26.4 Å². The van der Waals surface area contributed by atoms with Crippen LogP contribution in [0.3, 0.4) is 0 Å². The molecule has 13 heavy (non-hydrogen) atoms. The fourth-order valence-corrected chi connectivity index (χ4v) is 5.10. The number of aliphatic hydroxyl groups excluding tert-OH is 4. The summed E-state index contributed by atoms with van der Waals surface area (Å²) in [6, 6.07) is 0. The standard InChI is InChI=1S/C8H21O4P/c9-1-5-13(6-2-10,7-3-11)8-4-12/h9-13H,1-8H2. The van der Waals surface area contributed by atoms with Gasteiger partial charge in [-0.3, -0.25) is 0 Å². The Hall–Kier alpha value is 0.270. The van der Waals surface area contributed by atoms with Gasteiger partial charge in [0.1, 0.15) is 0 Å². The monoisotopic (exact) mass is 212 g/mol. The van der Waals surface area contributed by atoms with Crippen LogP contribution in [0.4, 0.5) is 0 Å². The first kappa shape index (κ1) is 13.3. The molecule has 0 fully saturated rings. The molecular weight excluding hydrogens is 191 g/mol. The topological polar surface area (TPSA) is 80.9 Å². The molecule has 0 aliphatic heterocycles. The average Bonchev–Trinajstić information content (AvgIpc) is 2.06. The fraction of sp³-hybridized carbons (Fsp3) is 1.00. The van der Waals surface area contributed by atoms with Crippen molar-refractivity contribution in [1.29, 1.82) is 0 Å². The van der Waals surface area contributed by atoms with Crippen LogP contribution in [0.5, 0.6) is 0 Å². The van der Waals surface area contributed by atoms with E-state index in [1.54, 1.807) is 0 Å². The Morgan fingerprint density at radius 1 is 0.538 bits per heavy atom. The maximum absolute atomic E-state index is 8.87. The van der Waals surface area contributed by atoms with Gasteiger partial charge < -0.3 is 0 Å². The zero-order valence-electron chi connectivity index (χ0n) is 7.95. The molecule has 0 radical (unpaired) electrons. The van der Waals surface area contributed by atoms with Crippen LogP contribution < -0.4 is 0 Å². The molecular formula is C8H21O4P. The molecule has 82 valence electrons. The molecule has 0 heterocycles. The Morgan fingerprint density at radius 2 is 0.769 bits per heavy atom. The van der Waals surface area contributed by atoms with E-state index in [0.29, 0.717) is 24.6 Å². The van der Waals surface area contributed by atoms with Crippen molar-refractivity contribution >= 4 is 7.26 Å². The van der Waals surface area contributed by atoms with Crippen LogP contribution >= 0.6 is 7.26 Å². The van der Waals surface area contributed by atoms with E-state index < -0.39 is 7.26 Å². The number of hydrogen-bond donors (Lipinski definition) is 4. The molecule has 0 aromatic heterocycles. The van der Waals surface area contributed by atoms with Crippen molar-refractivity contribution in [3.05, 3.63) is 0 Å². The first-order valence-corrected chi connectivity index (χ1v) is 7.51. The third-order valence-corrected chi connectivity index (χ3v) is 7.71. The summed E-state index contributed by atoms with van der Waals surface area (Å²) in [6.45, 7) is 0.358. The van der Waals surface area contributed by atoms with E-state index in [1.807, 2.05) is 0 Å². The summed E-state index contributed by atoms with van der Waals surface area (Å²) >= 11 is 0. The second kappa shape index (κ2) is 7.65. The van der Waals surface area contributed by atoms with Gasteiger partial charge in [-0.15, -0.1) is 0 Å². The van der Waals surface area contributed by atoms with Crippen molar-refractivity contribution in [3.8, 4) is 0 Å². The van der Waals surface area contributed by atoms with E-state index in [1.165, 1.54) is 0 Å². The Morgan fingerprint density at radius 3 is 0.923 bits per heavy atom. The molecule has 0 amide bonds. The second-order valence-electron chi connectivity index (χ2n) is 3.39. The summed E-state index contributed by atoms with van der Waals surface area (Å²) in [5.41, 5.74) is 0. The first-order chi connectivity index (χ1) is 6.24. The van der Waals surface area contributed by atoms with Gasteiger partial charge in [-0.1, -0.05) is 0 Å². The molecule has 0 spiro atoms. The predicted molar refractivity (Wildman–Crippen MR) is 56.1 cm³/mol. The van der Waals surface area contributed by atoms with Crippen molar-refractivity contribution in [3.63, 3.8) is 0 Å². The summed E-state index contributed by atoms with van der Waals surface area (Å²) in [5.74, 6) is 0. The third-order valence-electron chi connectivity index (χ3n) is 2.57. The molecule has 0 saturated carbocycles. The minimum absolute atomic E-state index is 0.0895. The van der Waals surface area contributed by atoms with Crippen molar-refractivity contribution in [2.24, 2.45) is 0 Å². The third kappa shape index (κ3) is 4.89. The Labute approximate surface area is 79.6 Å². The Kier molecular flexibility index (Phi) is 7.81. The quantitative estimate of drug-likeness (QED) is 0.377. The Balaban J connectivity index is 4.19. The summed E-state index contributed by atoms with van der Waals surface area (Å²) in [6.07, 6.45) is 2.65. The molecule has 4 nitrogen and oxygen atoms in total. The van der Waals surface area contributed by atoms with E-state index >= 15 is 0 Å². The van der Waals surface area contributed by atoms with Gasteiger partial charge in [-0.05, 0) is 0 Å². The number of hydrogen-bond acceptors (Lipinski definition) is 4. The fourth-order valence-electron chi connectivity index (χ4n) is 1.70. The van der Waals surface area contributed by atoms with Gasteiger partial charge in [0, 0.05) is 0 Å². The summed E-state index contributed by atoms with van der Waals surface area (Å²) in [4.78, 5) is 0. The van der Waals surface area contributed by atoms with Crippen LogP contribution in [0, 0.1) is 0 Å². The number of aliphatic hydroxyl groups is 4. The Bertz CT molecular complexity index is 91.2. The first-order valence-electron chi connectivity index (χ1n) is 4.68. The van der Waals surface area contributed by atoms with Crippen LogP contribution in [0.15, 0.2) is 0 Å². The summed E-state index contributed by atoms with van der Waals surface area (Å²) in [7, 11) is -1.80. The van der Waals surface area contributed by atoms with Gasteiger partial charge in [-0.25, -0.2) is 0 Å². The van der Waals surface area contributed by atoms with Gasteiger partial charge in [0.05, 0.1) is 0 Å². The minimum atomic E-state index is -1.80. The van der Waals surface area contributed by atoms with Gasteiger partial charge in [0.25, 0.3) is 0 Å². The van der Waals surface area contributed by atoms with Crippen LogP contribution in [-0.2, 0) is 0 Å². The zero-order chi connectivity index (χ0) is 10.2. The summed E-state index contributed by atoms with van der Waals surface area (Å²) in [5, 5.41) is 35.5. The van der Waals surface area contributed by atoms with Crippen molar-refractivity contribution < 1.29 is 20.4 Å². The van der Waals surface area contributed by atoms with Gasteiger partial charge in [0.15, 0.2) is 0 Å². The molecule has 0 atom stereocenters. The average molecular weight is 212 g/mol. The molecule has 0 unspecified atom stereocenters. The molecule has 0 bridgehead atoms. The van der Waals surface area contributed by atoms with E-state index in [0.717, 1.165) is 0 Å². The normalized spacial score (nSPS) is 13.2.